The van der Waals surface area contributed by atoms with Gasteiger partial charge < -0.3 is 10.1 Å². The Balaban J connectivity index is 1.88. The van der Waals surface area contributed by atoms with Crippen molar-refractivity contribution in [2.75, 3.05) is 19.0 Å². The van der Waals surface area contributed by atoms with E-state index in [1.165, 1.54) is 13.2 Å². The highest BCUT2D eigenvalue weighted by Gasteiger charge is 2.19. The Hall–Kier alpha value is -2.71. The van der Waals surface area contributed by atoms with Gasteiger partial charge in [-0.3, -0.25) is 14.9 Å². The maximum Gasteiger partial charge on any atom is 0.305 e. The predicted octanol–water partition coefficient (Wildman–Crippen LogP) is 2.28. The van der Waals surface area contributed by atoms with Crippen molar-refractivity contribution >= 4 is 28.4 Å². The first-order chi connectivity index (χ1) is 10.6. The van der Waals surface area contributed by atoms with E-state index in [1.807, 2.05) is 0 Å². The lowest BCUT2D eigenvalue weighted by atomic mass is 10.2. The summed E-state index contributed by atoms with van der Waals surface area (Å²) in [6, 6.07) is 2.95. The van der Waals surface area contributed by atoms with Gasteiger partial charge in [0.1, 0.15) is 0 Å². The second-order valence-electron chi connectivity index (χ2n) is 4.66. The first kappa shape index (κ1) is 15.7. The molecule has 9 heteroatoms. The molecule has 0 unspecified atom stereocenters. The van der Waals surface area contributed by atoms with Crippen molar-refractivity contribution in [2.24, 2.45) is 0 Å². The van der Waals surface area contributed by atoms with E-state index in [1.54, 1.807) is 6.07 Å². The minimum Gasteiger partial charge on any atom is -0.469 e. The molecule has 0 spiro atoms. The molecule has 1 aromatic carbocycles. The van der Waals surface area contributed by atoms with Crippen molar-refractivity contribution in [3.63, 3.8) is 0 Å². The van der Waals surface area contributed by atoms with E-state index in [2.05, 4.69) is 25.0 Å². The molecule has 0 radical (unpaired) electrons. The van der Waals surface area contributed by atoms with E-state index >= 15 is 0 Å². The van der Waals surface area contributed by atoms with Crippen LogP contribution in [0.5, 0.6) is 0 Å². The van der Waals surface area contributed by atoms with Crippen LogP contribution < -0.4 is 5.32 Å². The van der Waals surface area contributed by atoms with Crippen LogP contribution in [0.3, 0.4) is 0 Å². The predicted molar refractivity (Wildman–Crippen MR) is 77.4 cm³/mol. The first-order valence-electron chi connectivity index (χ1n) is 6.84. The zero-order chi connectivity index (χ0) is 15.9. The van der Waals surface area contributed by atoms with Crippen molar-refractivity contribution < 1.29 is 19.1 Å². The van der Waals surface area contributed by atoms with Gasteiger partial charge in [-0.25, -0.2) is 4.63 Å². The fourth-order valence-electron chi connectivity index (χ4n) is 2.04. The summed E-state index contributed by atoms with van der Waals surface area (Å²) < 4.78 is 9.14. The van der Waals surface area contributed by atoms with Gasteiger partial charge in [-0.1, -0.05) is 6.42 Å². The molecule has 1 aromatic heterocycles. The van der Waals surface area contributed by atoms with Gasteiger partial charge in [-0.05, 0) is 29.2 Å². The monoisotopic (exact) mass is 308 g/mol. The van der Waals surface area contributed by atoms with Crippen LogP contribution in [0.4, 0.5) is 11.4 Å². The van der Waals surface area contributed by atoms with Gasteiger partial charge >= 0.3 is 11.7 Å². The zero-order valence-electron chi connectivity index (χ0n) is 12.1. The summed E-state index contributed by atoms with van der Waals surface area (Å²) in [7, 11) is 1.37. The maximum absolute atomic E-state index is 11.0. The number of ether oxygens (including phenoxy) is 1. The summed E-state index contributed by atoms with van der Waals surface area (Å²) in [5, 5.41) is 21.3. The third kappa shape index (κ3) is 3.68. The number of aromatic nitrogens is 2. The number of hydrogen-bond donors (Lipinski definition) is 1. The number of fused-ring (bicyclic) bond motifs is 1. The Kier molecular flexibility index (Phi) is 5.23. The van der Waals surface area contributed by atoms with Crippen molar-refractivity contribution in [1.29, 1.82) is 0 Å². The summed E-state index contributed by atoms with van der Waals surface area (Å²) in [5.41, 5.74) is 0.958. The molecule has 22 heavy (non-hydrogen) atoms. The van der Waals surface area contributed by atoms with Gasteiger partial charge in [-0.15, -0.1) is 0 Å². The summed E-state index contributed by atoms with van der Waals surface area (Å²) in [6.07, 6.45) is 2.89. The number of nitrogens with one attached hydrogen (secondary N) is 1. The number of carbonyl (C=O) groups is 1. The Morgan fingerprint density at radius 1 is 1.32 bits per heavy atom. The highest BCUT2D eigenvalue weighted by molar-refractivity contribution is 5.93. The molecule has 0 aliphatic rings. The number of nitro benzene ring substituents is 1. The van der Waals surface area contributed by atoms with Gasteiger partial charge in [0.25, 0.3) is 0 Å². The lowest BCUT2D eigenvalue weighted by Gasteiger charge is -2.06. The Labute approximate surface area is 125 Å². The number of carbonyl (C=O) groups excluding carboxylic acids is 1. The van der Waals surface area contributed by atoms with Crippen LogP contribution in [0.1, 0.15) is 25.7 Å². The quantitative estimate of drug-likeness (QED) is 0.341. The average Bonchev–Trinajstić information content (AvgIpc) is 2.99. The Bertz CT molecular complexity index is 669. The number of non-ortho nitro benzene ring substituents is 1. The lowest BCUT2D eigenvalue weighted by Crippen LogP contribution is -2.04. The highest BCUT2D eigenvalue weighted by Crippen LogP contribution is 2.28. The van der Waals surface area contributed by atoms with E-state index in [9.17, 15) is 14.9 Å². The number of anilines is 1. The summed E-state index contributed by atoms with van der Waals surface area (Å²) in [6.45, 7) is 0.654. The number of esters is 1. The molecule has 0 saturated carbocycles. The van der Waals surface area contributed by atoms with Crippen molar-refractivity contribution in [3.05, 3.63) is 22.2 Å². The normalized spacial score (nSPS) is 10.6. The smallest absolute Gasteiger partial charge is 0.305 e. The SMILES string of the molecule is COC(=O)CCCCCNc1ccc([N+](=O)[O-])c2nonc12. The average molecular weight is 308 g/mol. The molecular weight excluding hydrogens is 292 g/mol. The number of benzene rings is 1. The fourth-order valence-corrected chi connectivity index (χ4v) is 2.04. The van der Waals surface area contributed by atoms with Gasteiger partial charge in [0.05, 0.1) is 17.7 Å². The van der Waals surface area contributed by atoms with E-state index in [0.29, 0.717) is 24.2 Å². The van der Waals surface area contributed by atoms with Gasteiger partial charge in [0.15, 0.2) is 5.52 Å². The molecule has 0 atom stereocenters. The van der Waals surface area contributed by atoms with Crippen molar-refractivity contribution in [2.45, 2.75) is 25.7 Å². The van der Waals surface area contributed by atoms with E-state index in [-0.39, 0.29) is 17.2 Å². The van der Waals surface area contributed by atoms with Crippen LogP contribution in [0.25, 0.3) is 11.0 Å². The molecule has 0 fully saturated rings. The Morgan fingerprint density at radius 2 is 2.09 bits per heavy atom. The van der Waals surface area contributed by atoms with Crippen LogP contribution in [0.15, 0.2) is 16.8 Å². The molecular formula is C13H16N4O5. The molecule has 0 aliphatic carbocycles. The minimum absolute atomic E-state index is 0.126. The van der Waals surface area contributed by atoms with E-state index < -0.39 is 4.92 Å². The minimum atomic E-state index is -0.525. The number of nitro groups is 1. The van der Waals surface area contributed by atoms with Crippen LogP contribution >= 0.6 is 0 Å². The second-order valence-corrected chi connectivity index (χ2v) is 4.66. The van der Waals surface area contributed by atoms with Gasteiger partial charge in [0.2, 0.25) is 5.52 Å². The lowest BCUT2D eigenvalue weighted by molar-refractivity contribution is -0.383. The largest absolute Gasteiger partial charge is 0.469 e. The topological polar surface area (TPSA) is 120 Å². The third-order valence-electron chi connectivity index (χ3n) is 3.19. The number of nitrogens with zero attached hydrogens (tertiary/aromatic N) is 3. The molecule has 1 N–H and O–H groups in total. The fraction of sp³-hybridized carbons (Fsp3) is 0.462. The zero-order valence-corrected chi connectivity index (χ0v) is 12.1. The summed E-state index contributed by atoms with van der Waals surface area (Å²) >= 11 is 0. The van der Waals surface area contributed by atoms with Crippen LogP contribution in [0.2, 0.25) is 0 Å². The van der Waals surface area contributed by atoms with E-state index in [0.717, 1.165) is 19.3 Å². The third-order valence-corrected chi connectivity index (χ3v) is 3.19. The first-order valence-corrected chi connectivity index (χ1v) is 6.84. The molecule has 9 nitrogen and oxygen atoms in total. The number of rotatable bonds is 8. The summed E-state index contributed by atoms with van der Waals surface area (Å²) in [4.78, 5) is 21.3. The molecule has 0 saturated heterocycles. The standard InChI is InChI=1S/C13H16N4O5/c1-21-11(18)5-3-2-4-8-14-9-6-7-10(17(19)20)13-12(9)15-22-16-13/h6-7,14H,2-5,8H2,1H3. The molecule has 1 heterocycles. The molecule has 2 rings (SSSR count). The molecule has 0 aliphatic heterocycles. The Morgan fingerprint density at radius 3 is 2.82 bits per heavy atom. The molecule has 2 aromatic rings. The second kappa shape index (κ2) is 7.34. The number of unbranched alkanes of at least 4 members (excludes halogenated alkanes) is 2. The molecule has 0 bridgehead atoms. The van der Waals surface area contributed by atoms with Crippen LogP contribution in [0, 0.1) is 10.1 Å². The molecule has 118 valence electrons. The number of methoxy groups -OCH3 is 1. The number of hydrogen-bond acceptors (Lipinski definition) is 8. The highest BCUT2D eigenvalue weighted by atomic mass is 16.6. The van der Waals surface area contributed by atoms with Crippen molar-refractivity contribution in [3.8, 4) is 0 Å². The van der Waals surface area contributed by atoms with E-state index in [4.69, 9.17) is 0 Å². The molecule has 0 amide bonds. The van der Waals surface area contributed by atoms with Gasteiger partial charge in [-0.2, -0.15) is 0 Å². The van der Waals surface area contributed by atoms with Gasteiger partial charge in [0, 0.05) is 19.0 Å². The summed E-state index contributed by atoms with van der Waals surface area (Å²) in [5.74, 6) is -0.210. The van der Waals surface area contributed by atoms with Crippen molar-refractivity contribution in [1.82, 2.24) is 10.3 Å². The van der Waals surface area contributed by atoms with Crippen LogP contribution in [-0.4, -0.2) is 34.9 Å². The van der Waals surface area contributed by atoms with Crippen LogP contribution in [-0.2, 0) is 9.53 Å². The maximum atomic E-state index is 11.0.